The van der Waals surface area contributed by atoms with Gasteiger partial charge in [0.25, 0.3) is 0 Å². The van der Waals surface area contributed by atoms with Crippen molar-refractivity contribution in [3.8, 4) is 0 Å². The molecule has 0 bridgehead atoms. The summed E-state index contributed by atoms with van der Waals surface area (Å²) >= 11 is 0. The zero-order chi connectivity index (χ0) is 13.8. The second-order valence-electron chi connectivity index (χ2n) is 4.16. The maximum Gasteiger partial charge on any atom is 0.305 e. The van der Waals surface area contributed by atoms with E-state index in [1.165, 1.54) is 0 Å². The Balaban J connectivity index is 3.65. The van der Waals surface area contributed by atoms with Gasteiger partial charge >= 0.3 is 5.97 Å². The summed E-state index contributed by atoms with van der Waals surface area (Å²) in [5.74, 6) is -0.831. The van der Waals surface area contributed by atoms with E-state index < -0.39 is 5.97 Å². The molecule has 0 aliphatic heterocycles. The smallest absolute Gasteiger partial charge is 0.305 e. The van der Waals surface area contributed by atoms with E-state index in [4.69, 9.17) is 19.3 Å². The van der Waals surface area contributed by atoms with Gasteiger partial charge in [-0.2, -0.15) is 0 Å². The minimum Gasteiger partial charge on any atom is -0.481 e. The van der Waals surface area contributed by atoms with Crippen LogP contribution in [0.4, 0.5) is 0 Å². The fraction of sp³-hybridized carbons (Fsp3) is 0.923. The van der Waals surface area contributed by atoms with Gasteiger partial charge in [-0.25, -0.2) is 0 Å². The normalized spacial score (nSPS) is 14.4. The molecule has 0 radical (unpaired) electrons. The Kier molecular flexibility index (Phi) is 11.0. The Morgan fingerprint density at radius 3 is 2.44 bits per heavy atom. The second-order valence-corrected chi connectivity index (χ2v) is 4.16. The van der Waals surface area contributed by atoms with Crippen LogP contribution in [0.3, 0.4) is 0 Å². The van der Waals surface area contributed by atoms with Crippen LogP contribution in [-0.4, -0.2) is 49.7 Å². The predicted molar refractivity (Wildman–Crippen MR) is 68.8 cm³/mol. The van der Waals surface area contributed by atoms with Crippen molar-refractivity contribution in [1.29, 1.82) is 0 Å². The lowest BCUT2D eigenvalue weighted by molar-refractivity contribution is -0.138. The largest absolute Gasteiger partial charge is 0.481 e. The molecule has 5 heteroatoms. The molecular formula is C13H26O5. The molecule has 0 aromatic rings. The summed E-state index contributed by atoms with van der Waals surface area (Å²) in [6.45, 7) is 8.12. The van der Waals surface area contributed by atoms with Crippen molar-refractivity contribution in [3.05, 3.63) is 0 Å². The lowest BCUT2D eigenvalue weighted by Crippen LogP contribution is -2.23. The number of hydrogen-bond donors (Lipinski definition) is 1. The number of ether oxygens (including phenoxy) is 3. The van der Waals surface area contributed by atoms with Gasteiger partial charge in [0, 0.05) is 6.61 Å². The van der Waals surface area contributed by atoms with E-state index in [1.54, 1.807) is 0 Å². The topological polar surface area (TPSA) is 65.0 Å². The Morgan fingerprint density at radius 2 is 1.89 bits per heavy atom. The Bertz CT molecular complexity index is 208. The number of carbonyl (C=O) groups is 1. The molecule has 0 aromatic heterocycles. The quantitative estimate of drug-likeness (QED) is 0.546. The molecule has 0 heterocycles. The minimum atomic E-state index is -0.831. The summed E-state index contributed by atoms with van der Waals surface area (Å²) in [5.41, 5.74) is 0. The molecule has 0 saturated heterocycles. The molecule has 2 atom stereocenters. The molecule has 0 saturated carbocycles. The van der Waals surface area contributed by atoms with Crippen molar-refractivity contribution in [3.63, 3.8) is 0 Å². The van der Waals surface area contributed by atoms with Crippen molar-refractivity contribution in [2.45, 2.75) is 52.2 Å². The van der Waals surface area contributed by atoms with E-state index in [-0.39, 0.29) is 25.2 Å². The van der Waals surface area contributed by atoms with Gasteiger partial charge in [0.05, 0.1) is 38.4 Å². The summed E-state index contributed by atoms with van der Waals surface area (Å²) in [6, 6.07) is 0. The van der Waals surface area contributed by atoms with Crippen LogP contribution >= 0.6 is 0 Å². The van der Waals surface area contributed by atoms with Crippen molar-refractivity contribution >= 4 is 5.97 Å². The highest BCUT2D eigenvalue weighted by molar-refractivity contribution is 5.66. The first-order chi connectivity index (χ1) is 8.60. The number of carboxylic acid groups (broad SMARTS) is 1. The third kappa shape index (κ3) is 10.5. The van der Waals surface area contributed by atoms with E-state index in [0.717, 1.165) is 12.8 Å². The molecule has 0 rings (SSSR count). The van der Waals surface area contributed by atoms with E-state index >= 15 is 0 Å². The molecule has 0 aromatic carbocycles. The minimum absolute atomic E-state index is 0.0152. The molecule has 18 heavy (non-hydrogen) atoms. The third-order valence-electron chi connectivity index (χ3n) is 2.55. The summed E-state index contributed by atoms with van der Waals surface area (Å²) in [4.78, 5) is 10.3. The van der Waals surface area contributed by atoms with Gasteiger partial charge in [0.1, 0.15) is 0 Å². The van der Waals surface area contributed by atoms with Crippen molar-refractivity contribution in [1.82, 2.24) is 0 Å². The van der Waals surface area contributed by atoms with E-state index in [0.29, 0.717) is 19.8 Å². The lowest BCUT2D eigenvalue weighted by atomic mass is 10.1. The zero-order valence-electron chi connectivity index (χ0n) is 11.7. The first kappa shape index (κ1) is 17.4. The van der Waals surface area contributed by atoms with E-state index in [2.05, 4.69) is 6.92 Å². The second kappa shape index (κ2) is 11.4. The zero-order valence-corrected chi connectivity index (χ0v) is 11.7. The van der Waals surface area contributed by atoms with Gasteiger partial charge in [-0.05, 0) is 26.7 Å². The van der Waals surface area contributed by atoms with Crippen LogP contribution in [-0.2, 0) is 19.0 Å². The first-order valence-electron chi connectivity index (χ1n) is 6.62. The van der Waals surface area contributed by atoms with Crippen LogP contribution in [0, 0.1) is 0 Å². The summed E-state index contributed by atoms with van der Waals surface area (Å²) in [5, 5.41) is 8.50. The molecule has 0 aliphatic rings. The Morgan fingerprint density at radius 1 is 1.17 bits per heavy atom. The molecule has 0 aliphatic carbocycles. The highest BCUT2D eigenvalue weighted by Gasteiger charge is 2.12. The number of carboxylic acids is 1. The fourth-order valence-corrected chi connectivity index (χ4v) is 1.56. The standard InChI is InChI=1S/C13H26O5/c1-4-12(18-9-8-16-5-2)10-11(3)17-7-6-13(14)15/h11-12H,4-10H2,1-3H3,(H,14,15). The molecule has 0 spiro atoms. The van der Waals surface area contributed by atoms with Crippen LogP contribution in [0.25, 0.3) is 0 Å². The van der Waals surface area contributed by atoms with Crippen molar-refractivity contribution in [2.24, 2.45) is 0 Å². The highest BCUT2D eigenvalue weighted by Crippen LogP contribution is 2.10. The molecular weight excluding hydrogens is 236 g/mol. The van der Waals surface area contributed by atoms with Crippen LogP contribution in [0.5, 0.6) is 0 Å². The number of rotatable bonds is 12. The van der Waals surface area contributed by atoms with Crippen molar-refractivity contribution in [2.75, 3.05) is 26.4 Å². The van der Waals surface area contributed by atoms with E-state index in [1.807, 2.05) is 13.8 Å². The molecule has 0 amide bonds. The summed E-state index contributed by atoms with van der Waals surface area (Å²) in [6.07, 6.45) is 1.90. The summed E-state index contributed by atoms with van der Waals surface area (Å²) in [7, 11) is 0. The van der Waals surface area contributed by atoms with Crippen LogP contribution in [0.15, 0.2) is 0 Å². The Labute approximate surface area is 109 Å². The van der Waals surface area contributed by atoms with E-state index in [9.17, 15) is 4.79 Å². The third-order valence-corrected chi connectivity index (χ3v) is 2.55. The van der Waals surface area contributed by atoms with Crippen LogP contribution < -0.4 is 0 Å². The lowest BCUT2D eigenvalue weighted by Gasteiger charge is -2.20. The van der Waals surface area contributed by atoms with Crippen LogP contribution in [0.1, 0.15) is 40.0 Å². The average Bonchev–Trinajstić information content (AvgIpc) is 2.32. The van der Waals surface area contributed by atoms with Gasteiger partial charge in [-0.15, -0.1) is 0 Å². The van der Waals surface area contributed by atoms with Gasteiger partial charge in [-0.1, -0.05) is 6.92 Å². The summed E-state index contributed by atoms with van der Waals surface area (Å²) < 4.78 is 16.3. The molecule has 0 fully saturated rings. The van der Waals surface area contributed by atoms with Gasteiger partial charge < -0.3 is 19.3 Å². The Hall–Kier alpha value is -0.650. The van der Waals surface area contributed by atoms with Gasteiger partial charge in [0.15, 0.2) is 0 Å². The molecule has 2 unspecified atom stereocenters. The highest BCUT2D eigenvalue weighted by atomic mass is 16.5. The SMILES string of the molecule is CCOCCOC(CC)CC(C)OCCC(=O)O. The monoisotopic (exact) mass is 262 g/mol. The van der Waals surface area contributed by atoms with Gasteiger partial charge in [0.2, 0.25) is 0 Å². The predicted octanol–water partition coefficient (Wildman–Crippen LogP) is 2.09. The fourth-order valence-electron chi connectivity index (χ4n) is 1.56. The molecule has 5 nitrogen and oxygen atoms in total. The maximum atomic E-state index is 10.3. The molecule has 1 N–H and O–H groups in total. The number of hydrogen-bond acceptors (Lipinski definition) is 4. The van der Waals surface area contributed by atoms with Gasteiger partial charge in [-0.3, -0.25) is 4.79 Å². The number of aliphatic carboxylic acids is 1. The first-order valence-corrected chi connectivity index (χ1v) is 6.62. The molecule has 108 valence electrons. The average molecular weight is 262 g/mol. The van der Waals surface area contributed by atoms with Crippen LogP contribution in [0.2, 0.25) is 0 Å². The maximum absolute atomic E-state index is 10.3. The van der Waals surface area contributed by atoms with Crippen molar-refractivity contribution < 1.29 is 24.1 Å².